The first-order chi connectivity index (χ1) is 12.2. The molecular weight excluding hydrogens is 392 g/mol. The molecule has 1 amide bonds. The molecule has 1 aliphatic heterocycles. The van der Waals surface area contributed by atoms with Gasteiger partial charge in [-0.05, 0) is 42.3 Å². The summed E-state index contributed by atoms with van der Waals surface area (Å²) in [4.78, 5) is 16.5. The van der Waals surface area contributed by atoms with Crippen molar-refractivity contribution in [1.29, 1.82) is 0 Å². The number of rotatable bonds is 4. The van der Waals surface area contributed by atoms with E-state index in [2.05, 4.69) is 15.6 Å². The number of carbonyl (C=O) groups excluding carboxylic acids is 1. The molecule has 0 atom stereocenters. The molecule has 5 nitrogen and oxygen atoms in total. The van der Waals surface area contributed by atoms with Crippen LogP contribution >= 0.6 is 24.8 Å². The Morgan fingerprint density at radius 2 is 2.04 bits per heavy atom. The number of amides is 1. The normalized spacial score (nSPS) is 12.6. The van der Waals surface area contributed by atoms with E-state index >= 15 is 0 Å². The van der Waals surface area contributed by atoms with Crippen LogP contribution in [0.25, 0.3) is 11.1 Å². The lowest BCUT2D eigenvalue weighted by Crippen LogP contribution is -2.25. The number of aryl methyl sites for hydroxylation is 1. The van der Waals surface area contributed by atoms with Gasteiger partial charge in [0.2, 0.25) is 5.91 Å². The molecule has 0 bridgehead atoms. The average Bonchev–Trinajstić information content (AvgIpc) is 3.06. The molecule has 144 valence electrons. The van der Waals surface area contributed by atoms with Gasteiger partial charge < -0.3 is 15.1 Å². The quantitative estimate of drug-likeness (QED) is 0.679. The first-order valence-electron chi connectivity index (χ1n) is 8.36. The maximum atomic E-state index is 14.5. The maximum Gasteiger partial charge on any atom is 0.224 e. The highest BCUT2D eigenvalue weighted by Crippen LogP contribution is 2.24. The number of nitrogens with zero attached hydrogens (tertiary/aromatic N) is 1. The number of fused-ring (bicyclic) bond motifs is 2. The predicted octanol–water partition coefficient (Wildman–Crippen LogP) is 4.03. The number of hydrogen-bond donors (Lipinski definition) is 2. The lowest BCUT2D eigenvalue weighted by atomic mass is 9.99. The van der Waals surface area contributed by atoms with Crippen LogP contribution in [0.5, 0.6) is 0 Å². The molecular formula is C19H20Cl2FN3O2. The number of carbonyl (C=O) groups is 1. The van der Waals surface area contributed by atoms with Crippen molar-refractivity contribution in [2.45, 2.75) is 25.8 Å². The number of para-hydroxylation sites is 2. The first kappa shape index (κ1) is 21.2. The summed E-state index contributed by atoms with van der Waals surface area (Å²) in [5.74, 6) is -0.0717. The molecule has 27 heavy (non-hydrogen) atoms. The summed E-state index contributed by atoms with van der Waals surface area (Å²) in [6, 6.07) is 10.9. The number of oxazole rings is 1. The van der Waals surface area contributed by atoms with Crippen molar-refractivity contribution >= 4 is 47.5 Å². The van der Waals surface area contributed by atoms with Gasteiger partial charge in [-0.1, -0.05) is 18.2 Å². The fourth-order valence-corrected chi connectivity index (χ4v) is 3.09. The fourth-order valence-electron chi connectivity index (χ4n) is 3.09. The van der Waals surface area contributed by atoms with Gasteiger partial charge in [-0.25, -0.2) is 9.37 Å². The van der Waals surface area contributed by atoms with Crippen molar-refractivity contribution in [3.05, 3.63) is 59.2 Å². The van der Waals surface area contributed by atoms with Crippen LogP contribution in [0, 0.1) is 5.82 Å². The van der Waals surface area contributed by atoms with E-state index < -0.39 is 0 Å². The van der Waals surface area contributed by atoms with Gasteiger partial charge in [-0.3, -0.25) is 4.79 Å². The summed E-state index contributed by atoms with van der Waals surface area (Å²) >= 11 is 0. The summed E-state index contributed by atoms with van der Waals surface area (Å²) in [7, 11) is 0. The van der Waals surface area contributed by atoms with Crippen molar-refractivity contribution in [1.82, 2.24) is 10.3 Å². The minimum Gasteiger partial charge on any atom is -0.441 e. The Morgan fingerprint density at radius 3 is 2.85 bits per heavy atom. The fraction of sp³-hybridized carbons (Fsp3) is 0.263. The van der Waals surface area contributed by atoms with E-state index in [0.717, 1.165) is 17.6 Å². The van der Waals surface area contributed by atoms with Crippen LogP contribution in [0.3, 0.4) is 0 Å². The highest BCUT2D eigenvalue weighted by atomic mass is 35.5. The topological polar surface area (TPSA) is 67.2 Å². The molecule has 0 unspecified atom stereocenters. The minimum atomic E-state index is -0.325. The van der Waals surface area contributed by atoms with Crippen LogP contribution in [-0.4, -0.2) is 17.4 Å². The average molecular weight is 412 g/mol. The summed E-state index contributed by atoms with van der Waals surface area (Å²) < 4.78 is 20.1. The molecule has 3 aromatic rings. The van der Waals surface area contributed by atoms with Crippen LogP contribution in [0.1, 0.15) is 23.4 Å². The largest absolute Gasteiger partial charge is 0.441 e. The molecule has 1 aromatic heterocycles. The van der Waals surface area contributed by atoms with Gasteiger partial charge in [-0.2, -0.15) is 0 Å². The SMILES string of the molecule is Cl.Cl.O=C(CCc1nc2ccccc2o1)Nc1ccc2c(c1F)CCNC2. The molecule has 8 heteroatoms. The number of benzene rings is 2. The lowest BCUT2D eigenvalue weighted by molar-refractivity contribution is -0.116. The van der Waals surface area contributed by atoms with Gasteiger partial charge >= 0.3 is 0 Å². The first-order valence-corrected chi connectivity index (χ1v) is 8.36. The lowest BCUT2D eigenvalue weighted by Gasteiger charge is -2.19. The third-order valence-electron chi connectivity index (χ3n) is 4.39. The summed E-state index contributed by atoms with van der Waals surface area (Å²) in [6.07, 6.45) is 1.19. The number of aromatic nitrogens is 1. The Hall–Kier alpha value is -2.15. The van der Waals surface area contributed by atoms with Gasteiger partial charge in [0.25, 0.3) is 0 Å². The Kier molecular flexibility index (Phi) is 7.18. The second kappa shape index (κ2) is 9.17. The van der Waals surface area contributed by atoms with E-state index in [1.54, 1.807) is 6.07 Å². The molecule has 0 aliphatic carbocycles. The minimum absolute atomic E-state index is 0. The van der Waals surface area contributed by atoms with Crippen LogP contribution in [0.15, 0.2) is 40.8 Å². The third-order valence-corrected chi connectivity index (χ3v) is 4.39. The molecule has 1 aliphatic rings. The van der Waals surface area contributed by atoms with E-state index in [4.69, 9.17) is 4.42 Å². The van der Waals surface area contributed by atoms with Crippen LogP contribution in [0.2, 0.25) is 0 Å². The predicted molar refractivity (Wildman–Crippen MR) is 107 cm³/mol. The summed E-state index contributed by atoms with van der Waals surface area (Å²) in [6.45, 7) is 1.41. The van der Waals surface area contributed by atoms with E-state index in [0.29, 0.717) is 36.4 Å². The highest BCUT2D eigenvalue weighted by molar-refractivity contribution is 5.91. The third kappa shape index (κ3) is 4.58. The van der Waals surface area contributed by atoms with E-state index in [9.17, 15) is 9.18 Å². The zero-order valence-electron chi connectivity index (χ0n) is 14.5. The summed E-state index contributed by atoms with van der Waals surface area (Å²) in [5, 5.41) is 5.87. The van der Waals surface area contributed by atoms with Crippen molar-refractivity contribution in [3.8, 4) is 0 Å². The van der Waals surface area contributed by atoms with Gasteiger partial charge in [-0.15, -0.1) is 24.8 Å². The zero-order chi connectivity index (χ0) is 17.2. The molecule has 2 N–H and O–H groups in total. The van der Waals surface area contributed by atoms with Crippen molar-refractivity contribution < 1.29 is 13.6 Å². The van der Waals surface area contributed by atoms with Gasteiger partial charge in [0.05, 0.1) is 5.69 Å². The molecule has 0 spiro atoms. The van der Waals surface area contributed by atoms with Crippen molar-refractivity contribution in [2.75, 3.05) is 11.9 Å². The van der Waals surface area contributed by atoms with E-state index in [1.165, 1.54) is 0 Å². The van der Waals surface area contributed by atoms with E-state index in [1.807, 2.05) is 30.3 Å². The second-order valence-corrected chi connectivity index (χ2v) is 6.12. The van der Waals surface area contributed by atoms with Crippen molar-refractivity contribution in [3.63, 3.8) is 0 Å². The zero-order valence-corrected chi connectivity index (χ0v) is 16.1. The standard InChI is InChI=1S/C19H18FN3O2.2ClH/c20-19-13-9-10-21-11-12(13)5-6-15(19)22-17(24)7-8-18-23-14-3-1-2-4-16(14)25-18;;/h1-6,21H,7-11H2,(H,22,24);2*1H. The Morgan fingerprint density at radius 1 is 1.22 bits per heavy atom. The molecule has 2 heterocycles. The van der Waals surface area contributed by atoms with Crippen LogP contribution < -0.4 is 10.6 Å². The summed E-state index contributed by atoms with van der Waals surface area (Å²) in [5.41, 5.74) is 3.35. The number of anilines is 1. The van der Waals surface area contributed by atoms with Crippen LogP contribution in [-0.2, 0) is 24.2 Å². The molecule has 4 rings (SSSR count). The highest BCUT2D eigenvalue weighted by Gasteiger charge is 2.17. The molecule has 0 saturated heterocycles. The van der Waals surface area contributed by atoms with Crippen molar-refractivity contribution in [2.24, 2.45) is 0 Å². The number of hydrogen-bond acceptors (Lipinski definition) is 4. The number of halogens is 3. The Balaban J connectivity index is 0.00000131. The van der Waals surface area contributed by atoms with Crippen LogP contribution in [0.4, 0.5) is 10.1 Å². The molecule has 0 saturated carbocycles. The molecule has 0 fully saturated rings. The molecule has 0 radical (unpaired) electrons. The Labute approximate surface area is 168 Å². The van der Waals surface area contributed by atoms with E-state index in [-0.39, 0.29) is 48.6 Å². The monoisotopic (exact) mass is 411 g/mol. The number of nitrogens with one attached hydrogen (secondary N) is 2. The maximum absolute atomic E-state index is 14.5. The smallest absolute Gasteiger partial charge is 0.224 e. The second-order valence-electron chi connectivity index (χ2n) is 6.12. The van der Waals surface area contributed by atoms with Gasteiger partial charge in [0.1, 0.15) is 11.3 Å². The van der Waals surface area contributed by atoms with Gasteiger partial charge in [0.15, 0.2) is 11.5 Å². The van der Waals surface area contributed by atoms with Gasteiger partial charge in [0, 0.05) is 19.4 Å². The Bertz CT molecular complexity index is 913. The molecule has 2 aromatic carbocycles.